The summed E-state index contributed by atoms with van der Waals surface area (Å²) in [4.78, 5) is 3.95. The quantitative estimate of drug-likeness (QED) is 0.408. The molecule has 29 heavy (non-hydrogen) atoms. The number of nitrogens with one attached hydrogen (secondary N) is 1. The molecule has 0 aliphatic rings. The predicted octanol–water partition coefficient (Wildman–Crippen LogP) is 5.87. The van der Waals surface area contributed by atoms with E-state index in [1.54, 1.807) is 12.4 Å². The summed E-state index contributed by atoms with van der Waals surface area (Å²) < 4.78 is 41.3. The van der Waals surface area contributed by atoms with Crippen molar-refractivity contribution in [3.8, 4) is 22.3 Å². The standard InChI is InChI=1S/C22H15F3N4/c1-13-2-4-14(5-3-13)17-8-9-29-12-19(22(23,24)25)27-21(29)20(17)15-6-7-18-16(10-15)11-26-28-18/h2-12H,1H3,(H,26,28). The fraction of sp³-hybridized carbons (Fsp3) is 0.0909. The molecule has 7 heteroatoms. The molecule has 3 heterocycles. The lowest BCUT2D eigenvalue weighted by molar-refractivity contribution is -0.140. The minimum Gasteiger partial charge on any atom is -0.306 e. The van der Waals surface area contributed by atoms with Gasteiger partial charge in [-0.2, -0.15) is 18.3 Å². The largest absolute Gasteiger partial charge is 0.434 e. The van der Waals surface area contributed by atoms with Crippen LogP contribution in [0, 0.1) is 6.92 Å². The first-order chi connectivity index (χ1) is 13.9. The second-order valence-electron chi connectivity index (χ2n) is 7.00. The van der Waals surface area contributed by atoms with Crippen molar-refractivity contribution in [3.63, 3.8) is 0 Å². The summed E-state index contributed by atoms with van der Waals surface area (Å²) in [6.07, 6.45) is -0.181. The van der Waals surface area contributed by atoms with Crippen LogP contribution in [0.1, 0.15) is 11.3 Å². The Labute approximate surface area is 163 Å². The molecular weight excluding hydrogens is 377 g/mol. The lowest BCUT2D eigenvalue weighted by Gasteiger charge is -2.12. The summed E-state index contributed by atoms with van der Waals surface area (Å²) in [6, 6.07) is 15.4. The SMILES string of the molecule is Cc1ccc(-c2ccn3cc(C(F)(F)F)nc3c2-c2ccc3[nH]ncc3c2)cc1. The van der Waals surface area contributed by atoms with Crippen LogP contribution < -0.4 is 0 Å². The van der Waals surface area contributed by atoms with Gasteiger partial charge in [0.05, 0.1) is 11.7 Å². The molecule has 0 aliphatic heterocycles. The van der Waals surface area contributed by atoms with Crippen LogP contribution in [-0.4, -0.2) is 19.6 Å². The lowest BCUT2D eigenvalue weighted by atomic mass is 9.94. The Morgan fingerprint density at radius 3 is 2.48 bits per heavy atom. The maximum Gasteiger partial charge on any atom is 0.434 e. The van der Waals surface area contributed by atoms with Gasteiger partial charge in [-0.3, -0.25) is 5.10 Å². The van der Waals surface area contributed by atoms with Crippen LogP contribution in [0.2, 0.25) is 0 Å². The molecule has 0 amide bonds. The number of aromatic nitrogens is 4. The summed E-state index contributed by atoms with van der Waals surface area (Å²) >= 11 is 0. The summed E-state index contributed by atoms with van der Waals surface area (Å²) in [7, 11) is 0. The Morgan fingerprint density at radius 2 is 1.72 bits per heavy atom. The third-order valence-electron chi connectivity index (χ3n) is 5.01. The van der Waals surface area contributed by atoms with E-state index in [1.165, 1.54) is 4.40 Å². The van der Waals surface area contributed by atoms with Crippen LogP contribution in [0.3, 0.4) is 0 Å². The van der Waals surface area contributed by atoms with Crippen molar-refractivity contribution in [3.05, 3.63) is 78.4 Å². The molecule has 0 saturated carbocycles. The highest BCUT2D eigenvalue weighted by Gasteiger charge is 2.34. The van der Waals surface area contributed by atoms with Gasteiger partial charge >= 0.3 is 6.18 Å². The van der Waals surface area contributed by atoms with Gasteiger partial charge < -0.3 is 4.40 Å². The molecule has 5 rings (SSSR count). The monoisotopic (exact) mass is 392 g/mol. The van der Waals surface area contributed by atoms with E-state index in [0.717, 1.165) is 39.4 Å². The van der Waals surface area contributed by atoms with E-state index < -0.39 is 11.9 Å². The summed E-state index contributed by atoms with van der Waals surface area (Å²) in [6.45, 7) is 1.99. The van der Waals surface area contributed by atoms with Crippen LogP contribution in [0.4, 0.5) is 13.2 Å². The number of hydrogen-bond acceptors (Lipinski definition) is 2. The van der Waals surface area contributed by atoms with Crippen molar-refractivity contribution in [2.24, 2.45) is 0 Å². The molecule has 1 N–H and O–H groups in total. The Balaban J connectivity index is 1.84. The van der Waals surface area contributed by atoms with Gasteiger partial charge in [-0.15, -0.1) is 0 Å². The minimum absolute atomic E-state index is 0.262. The molecule has 144 valence electrons. The fourth-order valence-electron chi connectivity index (χ4n) is 3.54. The van der Waals surface area contributed by atoms with Crippen LogP contribution in [0.15, 0.2) is 67.1 Å². The maximum atomic E-state index is 13.3. The number of fused-ring (bicyclic) bond motifs is 2. The molecule has 3 aromatic heterocycles. The molecule has 0 bridgehead atoms. The van der Waals surface area contributed by atoms with E-state index in [1.807, 2.05) is 55.5 Å². The Morgan fingerprint density at radius 1 is 0.966 bits per heavy atom. The summed E-state index contributed by atoms with van der Waals surface area (Å²) in [5, 5.41) is 7.80. The lowest BCUT2D eigenvalue weighted by Crippen LogP contribution is -2.04. The van der Waals surface area contributed by atoms with Gasteiger partial charge in [-0.05, 0) is 41.8 Å². The first-order valence-corrected chi connectivity index (χ1v) is 8.99. The van der Waals surface area contributed by atoms with Crippen LogP contribution in [0.25, 0.3) is 38.8 Å². The van der Waals surface area contributed by atoms with E-state index in [2.05, 4.69) is 15.2 Å². The maximum absolute atomic E-state index is 13.3. The molecule has 4 nitrogen and oxygen atoms in total. The van der Waals surface area contributed by atoms with Gasteiger partial charge in [-0.1, -0.05) is 35.9 Å². The molecule has 0 fully saturated rings. The van der Waals surface area contributed by atoms with E-state index in [4.69, 9.17) is 0 Å². The molecule has 0 radical (unpaired) electrons. The van der Waals surface area contributed by atoms with Gasteiger partial charge in [0.2, 0.25) is 0 Å². The molecule has 0 saturated heterocycles. The van der Waals surface area contributed by atoms with E-state index in [-0.39, 0.29) is 5.65 Å². The van der Waals surface area contributed by atoms with Gasteiger partial charge in [0.1, 0.15) is 5.65 Å². The second-order valence-corrected chi connectivity index (χ2v) is 7.00. The zero-order valence-electron chi connectivity index (χ0n) is 15.3. The molecular formula is C22H15F3N4. The van der Waals surface area contributed by atoms with Gasteiger partial charge in [0.15, 0.2) is 5.69 Å². The molecule has 0 unspecified atom stereocenters. The molecule has 5 aromatic rings. The zero-order valence-corrected chi connectivity index (χ0v) is 15.3. The van der Waals surface area contributed by atoms with E-state index >= 15 is 0 Å². The average Bonchev–Trinajstić information content (AvgIpc) is 3.33. The number of aryl methyl sites for hydroxylation is 1. The third-order valence-corrected chi connectivity index (χ3v) is 5.01. The number of imidazole rings is 1. The number of halogens is 3. The highest BCUT2D eigenvalue weighted by molar-refractivity contribution is 5.95. The highest BCUT2D eigenvalue weighted by atomic mass is 19.4. The topological polar surface area (TPSA) is 46.0 Å². The number of pyridine rings is 1. The minimum atomic E-state index is -4.51. The van der Waals surface area contributed by atoms with Crippen molar-refractivity contribution < 1.29 is 13.2 Å². The Kier molecular flexibility index (Phi) is 3.74. The number of nitrogens with zero attached hydrogens (tertiary/aromatic N) is 3. The fourth-order valence-corrected chi connectivity index (χ4v) is 3.54. The third kappa shape index (κ3) is 2.95. The Bertz CT molecular complexity index is 1340. The molecule has 0 aliphatic carbocycles. The predicted molar refractivity (Wildman–Crippen MR) is 105 cm³/mol. The average molecular weight is 392 g/mol. The van der Waals surface area contributed by atoms with Crippen LogP contribution >= 0.6 is 0 Å². The molecule has 2 aromatic carbocycles. The van der Waals surface area contributed by atoms with Gasteiger partial charge in [0.25, 0.3) is 0 Å². The first kappa shape index (κ1) is 17.5. The number of benzene rings is 2. The van der Waals surface area contributed by atoms with E-state index in [0.29, 0.717) is 5.56 Å². The van der Waals surface area contributed by atoms with Gasteiger partial charge in [0, 0.05) is 23.3 Å². The molecule has 0 atom stereocenters. The second kappa shape index (κ2) is 6.20. The normalized spacial score (nSPS) is 12.1. The molecule has 0 spiro atoms. The number of hydrogen-bond donors (Lipinski definition) is 1. The highest BCUT2D eigenvalue weighted by Crippen LogP contribution is 2.38. The van der Waals surface area contributed by atoms with Crippen molar-refractivity contribution in [2.45, 2.75) is 13.1 Å². The number of rotatable bonds is 2. The van der Waals surface area contributed by atoms with Crippen molar-refractivity contribution in [1.82, 2.24) is 19.6 Å². The number of alkyl halides is 3. The van der Waals surface area contributed by atoms with Crippen molar-refractivity contribution in [2.75, 3.05) is 0 Å². The van der Waals surface area contributed by atoms with Crippen LogP contribution in [0.5, 0.6) is 0 Å². The van der Waals surface area contributed by atoms with Gasteiger partial charge in [-0.25, -0.2) is 4.98 Å². The summed E-state index contributed by atoms with van der Waals surface area (Å²) in [5.74, 6) is 0. The summed E-state index contributed by atoms with van der Waals surface area (Å²) in [5.41, 5.74) is 4.47. The smallest absolute Gasteiger partial charge is 0.306 e. The number of aromatic amines is 1. The van der Waals surface area contributed by atoms with E-state index in [9.17, 15) is 13.2 Å². The first-order valence-electron chi connectivity index (χ1n) is 8.99. The van der Waals surface area contributed by atoms with Crippen molar-refractivity contribution >= 4 is 16.6 Å². The Hall–Kier alpha value is -3.61. The van der Waals surface area contributed by atoms with Crippen molar-refractivity contribution in [1.29, 1.82) is 0 Å². The zero-order chi connectivity index (χ0) is 20.2. The number of H-pyrrole nitrogens is 1. The van der Waals surface area contributed by atoms with Crippen LogP contribution in [-0.2, 0) is 6.18 Å².